The molecule has 1 aliphatic carbocycles. The number of carbonyl (C=O) groups is 1. The van der Waals surface area contributed by atoms with Crippen molar-refractivity contribution >= 4 is 40.0 Å². The lowest BCUT2D eigenvalue weighted by Crippen LogP contribution is -2.46. The van der Waals surface area contributed by atoms with E-state index < -0.39 is 6.03 Å². The number of halogens is 1. The molecule has 1 aliphatic rings. The second kappa shape index (κ2) is 9.65. The van der Waals surface area contributed by atoms with Crippen LogP contribution in [0, 0.1) is 0 Å². The zero-order valence-corrected chi connectivity index (χ0v) is 19.3. The van der Waals surface area contributed by atoms with Crippen molar-refractivity contribution in [2.75, 3.05) is 24.3 Å². The molecule has 0 saturated heterocycles. The minimum absolute atomic E-state index is 0.115. The van der Waals surface area contributed by atoms with Crippen LogP contribution in [0.25, 0.3) is 10.9 Å². The molecule has 1 aromatic heterocycles. The summed E-state index contributed by atoms with van der Waals surface area (Å²) in [5, 5.41) is 5.42. The number of primary amides is 1. The highest BCUT2D eigenvalue weighted by Crippen LogP contribution is 2.31. The third-order valence-corrected chi connectivity index (χ3v) is 6.62. The largest absolute Gasteiger partial charge is 0.377 e. The number of rotatable bonds is 6. The lowest BCUT2D eigenvalue weighted by Gasteiger charge is -2.36. The van der Waals surface area contributed by atoms with Crippen molar-refractivity contribution in [3.05, 3.63) is 65.2 Å². The van der Waals surface area contributed by atoms with Gasteiger partial charge in [0.25, 0.3) is 0 Å². The molecule has 2 amide bonds. The van der Waals surface area contributed by atoms with Crippen LogP contribution in [-0.2, 0) is 6.54 Å². The van der Waals surface area contributed by atoms with E-state index in [0.717, 1.165) is 53.7 Å². The number of hydrogen-bond acceptors (Lipinski definition) is 4. The summed E-state index contributed by atoms with van der Waals surface area (Å²) in [6, 6.07) is 17.9. The maximum Gasteiger partial charge on any atom is 0.315 e. The van der Waals surface area contributed by atoms with Crippen LogP contribution in [0.5, 0.6) is 0 Å². The van der Waals surface area contributed by atoms with Gasteiger partial charge >= 0.3 is 6.03 Å². The highest BCUT2D eigenvalue weighted by atomic mass is 35.5. The van der Waals surface area contributed by atoms with E-state index in [-0.39, 0.29) is 6.04 Å². The third kappa shape index (κ3) is 4.91. The number of amides is 2. The van der Waals surface area contributed by atoms with E-state index in [1.54, 1.807) is 4.90 Å². The quantitative estimate of drug-likeness (QED) is 0.536. The molecular weight excluding hydrogens is 422 g/mol. The predicted octanol–water partition coefficient (Wildman–Crippen LogP) is 5.26. The summed E-state index contributed by atoms with van der Waals surface area (Å²) < 4.78 is 0. The zero-order chi connectivity index (χ0) is 22.7. The van der Waals surface area contributed by atoms with E-state index in [1.165, 1.54) is 0 Å². The fourth-order valence-electron chi connectivity index (χ4n) is 4.54. The van der Waals surface area contributed by atoms with Gasteiger partial charge in [-0.1, -0.05) is 48.0 Å². The summed E-state index contributed by atoms with van der Waals surface area (Å²) in [5.74, 6) is 0.888. The van der Waals surface area contributed by atoms with Gasteiger partial charge in [0, 0.05) is 54.9 Å². The molecule has 0 unspecified atom stereocenters. The summed E-state index contributed by atoms with van der Waals surface area (Å²) in [7, 11) is 4.10. The zero-order valence-electron chi connectivity index (χ0n) is 18.6. The Balaban J connectivity index is 1.43. The van der Waals surface area contributed by atoms with Crippen molar-refractivity contribution in [2.24, 2.45) is 5.73 Å². The van der Waals surface area contributed by atoms with Crippen molar-refractivity contribution in [3.8, 4) is 0 Å². The summed E-state index contributed by atoms with van der Waals surface area (Å²) in [4.78, 5) is 20.9. The first kappa shape index (κ1) is 22.2. The van der Waals surface area contributed by atoms with E-state index in [0.29, 0.717) is 17.6 Å². The number of nitrogens with zero attached hydrogens (tertiary/aromatic N) is 3. The average molecular weight is 452 g/mol. The Morgan fingerprint density at radius 3 is 2.47 bits per heavy atom. The third-order valence-electron chi connectivity index (χ3n) is 6.25. The van der Waals surface area contributed by atoms with Crippen LogP contribution in [-0.4, -0.2) is 42.1 Å². The predicted molar refractivity (Wildman–Crippen MR) is 132 cm³/mol. The van der Waals surface area contributed by atoms with Gasteiger partial charge in [-0.05, 0) is 43.4 Å². The molecule has 3 aromatic rings. The number of nitrogens with two attached hydrogens (primary N) is 1. The maximum atomic E-state index is 12.2. The van der Waals surface area contributed by atoms with Crippen molar-refractivity contribution in [1.82, 2.24) is 9.88 Å². The smallest absolute Gasteiger partial charge is 0.315 e. The standard InChI is InChI=1S/C25H30ClN5O/c1-30(2)23-15-24(29-22-10-6-4-8-20(22)23)28-18-11-13-19(14-12-18)31(25(27)32)16-17-7-3-5-9-21(17)26/h3-10,15,18-19H,11-14,16H2,1-2H3,(H2,27,32)(H,28,29)/t18-,19+. The monoisotopic (exact) mass is 451 g/mol. The second-order valence-electron chi connectivity index (χ2n) is 8.65. The molecular formula is C25H30ClN5O. The number of carbonyl (C=O) groups excluding carboxylic acids is 1. The number of hydrogen-bond donors (Lipinski definition) is 2. The van der Waals surface area contributed by atoms with Crippen molar-refractivity contribution in [2.45, 2.75) is 44.3 Å². The summed E-state index contributed by atoms with van der Waals surface area (Å²) >= 11 is 6.30. The Labute approximate surface area is 194 Å². The van der Waals surface area contributed by atoms with Gasteiger partial charge in [-0.2, -0.15) is 0 Å². The van der Waals surface area contributed by atoms with Gasteiger partial charge in [-0.25, -0.2) is 9.78 Å². The number of anilines is 2. The number of aromatic nitrogens is 1. The Bertz CT molecular complexity index is 1090. The molecule has 0 aliphatic heterocycles. The average Bonchev–Trinajstić information content (AvgIpc) is 2.78. The molecule has 1 heterocycles. The summed E-state index contributed by atoms with van der Waals surface area (Å²) in [6.45, 7) is 0.441. The van der Waals surface area contributed by atoms with E-state index in [1.807, 2.05) is 56.6 Å². The van der Waals surface area contributed by atoms with Crippen molar-refractivity contribution < 1.29 is 4.79 Å². The van der Waals surface area contributed by atoms with Gasteiger partial charge in [0.2, 0.25) is 0 Å². The van der Waals surface area contributed by atoms with Gasteiger partial charge < -0.3 is 20.9 Å². The molecule has 4 rings (SSSR count). The molecule has 32 heavy (non-hydrogen) atoms. The first-order chi connectivity index (χ1) is 15.4. The first-order valence-electron chi connectivity index (χ1n) is 11.1. The number of benzene rings is 2. The molecule has 168 valence electrons. The van der Waals surface area contributed by atoms with Gasteiger partial charge in [0.1, 0.15) is 5.82 Å². The molecule has 3 N–H and O–H groups in total. The van der Waals surface area contributed by atoms with E-state index in [4.69, 9.17) is 22.3 Å². The van der Waals surface area contributed by atoms with E-state index in [2.05, 4.69) is 22.3 Å². The number of urea groups is 1. The van der Waals surface area contributed by atoms with Crippen LogP contribution in [0.2, 0.25) is 5.02 Å². The normalized spacial score (nSPS) is 18.3. The Morgan fingerprint density at radius 2 is 1.78 bits per heavy atom. The minimum Gasteiger partial charge on any atom is -0.377 e. The first-order valence-corrected chi connectivity index (χ1v) is 11.4. The van der Waals surface area contributed by atoms with Gasteiger partial charge in [0.05, 0.1) is 5.52 Å². The van der Waals surface area contributed by atoms with Crippen molar-refractivity contribution in [3.63, 3.8) is 0 Å². The molecule has 6 nitrogen and oxygen atoms in total. The maximum absolute atomic E-state index is 12.2. The summed E-state index contributed by atoms with van der Waals surface area (Å²) in [6.07, 6.45) is 3.67. The lowest BCUT2D eigenvalue weighted by atomic mass is 9.90. The van der Waals surface area contributed by atoms with Gasteiger partial charge in [-0.15, -0.1) is 0 Å². The number of para-hydroxylation sites is 1. The highest BCUT2D eigenvalue weighted by Gasteiger charge is 2.28. The molecule has 7 heteroatoms. The van der Waals surface area contributed by atoms with Crippen LogP contribution in [0.1, 0.15) is 31.2 Å². The number of nitrogens with one attached hydrogen (secondary N) is 1. The Morgan fingerprint density at radius 1 is 1.09 bits per heavy atom. The number of fused-ring (bicyclic) bond motifs is 1. The molecule has 0 bridgehead atoms. The van der Waals surface area contributed by atoms with Crippen molar-refractivity contribution in [1.29, 1.82) is 0 Å². The fraction of sp³-hybridized carbons (Fsp3) is 0.360. The molecule has 1 saturated carbocycles. The lowest BCUT2D eigenvalue weighted by molar-refractivity contribution is 0.156. The molecule has 0 radical (unpaired) electrons. The van der Waals surface area contributed by atoms with Crippen LogP contribution in [0.4, 0.5) is 16.3 Å². The topological polar surface area (TPSA) is 74.5 Å². The van der Waals surface area contributed by atoms with E-state index >= 15 is 0 Å². The molecule has 1 fully saturated rings. The van der Waals surface area contributed by atoms with Gasteiger partial charge in [-0.3, -0.25) is 0 Å². The highest BCUT2D eigenvalue weighted by molar-refractivity contribution is 6.31. The minimum atomic E-state index is -0.395. The van der Waals surface area contributed by atoms with Gasteiger partial charge in [0.15, 0.2) is 0 Å². The molecule has 2 aromatic carbocycles. The van der Waals surface area contributed by atoms with Crippen LogP contribution >= 0.6 is 11.6 Å². The second-order valence-corrected chi connectivity index (χ2v) is 9.05. The van der Waals surface area contributed by atoms with Crippen LogP contribution in [0.15, 0.2) is 54.6 Å². The fourth-order valence-corrected chi connectivity index (χ4v) is 4.73. The molecule has 0 spiro atoms. The number of pyridine rings is 1. The molecule has 0 atom stereocenters. The Kier molecular flexibility index (Phi) is 6.70. The van der Waals surface area contributed by atoms with Crippen LogP contribution in [0.3, 0.4) is 0 Å². The SMILES string of the molecule is CN(C)c1cc(N[C@H]2CC[C@@H](N(Cc3ccccc3Cl)C(N)=O)CC2)nc2ccccc12. The Hall–Kier alpha value is -2.99. The van der Waals surface area contributed by atoms with Crippen LogP contribution < -0.4 is 16.0 Å². The van der Waals surface area contributed by atoms with E-state index in [9.17, 15) is 4.79 Å². The summed E-state index contributed by atoms with van der Waals surface area (Å²) in [5.41, 5.74) is 8.78.